The van der Waals surface area contributed by atoms with Gasteiger partial charge in [-0.05, 0) is 62.7 Å². The van der Waals surface area contributed by atoms with Crippen LogP contribution in [0.2, 0.25) is 0 Å². The topological polar surface area (TPSA) is 40.5 Å². The van der Waals surface area contributed by atoms with Crippen molar-refractivity contribution in [1.82, 2.24) is 4.90 Å². The third-order valence-corrected chi connectivity index (χ3v) is 5.88. The van der Waals surface area contributed by atoms with Crippen molar-refractivity contribution >= 4 is 17.3 Å². The minimum atomic E-state index is -4.35. The van der Waals surface area contributed by atoms with Crippen LogP contribution in [0.25, 0.3) is 0 Å². The lowest BCUT2D eigenvalue weighted by atomic mass is 9.93. The zero-order valence-electron chi connectivity index (χ0n) is 14.3. The van der Waals surface area contributed by atoms with E-state index < -0.39 is 17.7 Å². The van der Waals surface area contributed by atoms with E-state index in [0.717, 1.165) is 27.5 Å². The number of hydrogen-bond donors (Lipinski definition) is 1. The standard InChI is InChI=1S/C19H20F3NO2S/c1-12-2-7-16(26-12)17(23-10-8-14(9-11-23)18(24)25)13-3-5-15(6-4-13)19(20,21)22/h2-7,14,17H,8-11H2,1H3,(H,24,25). The van der Waals surface area contributed by atoms with Gasteiger partial charge in [0, 0.05) is 9.75 Å². The number of alkyl halides is 3. The Morgan fingerprint density at radius 3 is 2.23 bits per heavy atom. The van der Waals surface area contributed by atoms with Gasteiger partial charge in [-0.3, -0.25) is 9.69 Å². The molecule has 1 atom stereocenters. The van der Waals surface area contributed by atoms with Crippen LogP contribution in [0.15, 0.2) is 36.4 Å². The first-order valence-electron chi connectivity index (χ1n) is 8.46. The molecule has 1 aliphatic rings. The number of nitrogens with zero attached hydrogens (tertiary/aromatic N) is 1. The van der Waals surface area contributed by atoms with Crippen LogP contribution in [0.4, 0.5) is 13.2 Å². The Hall–Kier alpha value is -1.86. The summed E-state index contributed by atoms with van der Waals surface area (Å²) in [6, 6.07) is 9.16. The second-order valence-corrected chi connectivity index (χ2v) is 7.94. The quantitative estimate of drug-likeness (QED) is 0.811. The van der Waals surface area contributed by atoms with Crippen LogP contribution in [0.5, 0.6) is 0 Å². The van der Waals surface area contributed by atoms with Gasteiger partial charge in [0.05, 0.1) is 17.5 Å². The number of carboxylic acids is 1. The zero-order valence-corrected chi connectivity index (χ0v) is 15.1. The Labute approximate surface area is 154 Å². The number of thiophene rings is 1. The number of carboxylic acid groups (broad SMARTS) is 1. The van der Waals surface area contributed by atoms with E-state index in [0.29, 0.717) is 25.9 Å². The van der Waals surface area contributed by atoms with Crippen LogP contribution in [0.1, 0.15) is 39.8 Å². The Bertz CT molecular complexity index is 762. The van der Waals surface area contributed by atoms with E-state index in [1.165, 1.54) is 12.1 Å². The fraction of sp³-hybridized carbons (Fsp3) is 0.421. The number of aryl methyl sites for hydroxylation is 1. The molecule has 1 N–H and O–H groups in total. The van der Waals surface area contributed by atoms with E-state index in [9.17, 15) is 23.1 Å². The Balaban J connectivity index is 1.89. The highest BCUT2D eigenvalue weighted by Gasteiger charge is 2.33. The molecule has 0 amide bonds. The van der Waals surface area contributed by atoms with Gasteiger partial charge < -0.3 is 5.11 Å². The number of benzene rings is 1. The summed E-state index contributed by atoms with van der Waals surface area (Å²) in [5, 5.41) is 9.18. The molecular weight excluding hydrogens is 363 g/mol. The largest absolute Gasteiger partial charge is 0.481 e. The SMILES string of the molecule is Cc1ccc(C(c2ccc(C(F)(F)F)cc2)N2CCC(C(=O)O)CC2)s1. The number of carbonyl (C=O) groups is 1. The summed E-state index contributed by atoms with van der Waals surface area (Å²) in [4.78, 5) is 15.6. The zero-order chi connectivity index (χ0) is 18.9. The number of aliphatic carboxylic acids is 1. The van der Waals surface area contributed by atoms with Gasteiger partial charge in [0.15, 0.2) is 0 Å². The minimum Gasteiger partial charge on any atom is -0.481 e. The lowest BCUT2D eigenvalue weighted by molar-refractivity contribution is -0.143. The summed E-state index contributed by atoms with van der Waals surface area (Å²) in [5.74, 6) is -1.12. The van der Waals surface area contributed by atoms with Gasteiger partial charge in [0.2, 0.25) is 0 Å². The predicted molar refractivity (Wildman–Crippen MR) is 94.3 cm³/mol. The number of piperidine rings is 1. The van der Waals surface area contributed by atoms with Crippen LogP contribution in [0.3, 0.4) is 0 Å². The fourth-order valence-electron chi connectivity index (χ4n) is 3.41. The first-order chi connectivity index (χ1) is 12.3. The maximum atomic E-state index is 12.9. The van der Waals surface area contributed by atoms with Crippen LogP contribution < -0.4 is 0 Å². The molecule has 26 heavy (non-hydrogen) atoms. The van der Waals surface area contributed by atoms with Crippen molar-refractivity contribution in [3.63, 3.8) is 0 Å². The lowest BCUT2D eigenvalue weighted by Gasteiger charge is -2.36. The highest BCUT2D eigenvalue weighted by Crippen LogP contribution is 2.37. The molecule has 1 aromatic carbocycles. The average Bonchev–Trinajstić information content (AvgIpc) is 3.01. The molecule has 0 bridgehead atoms. The lowest BCUT2D eigenvalue weighted by Crippen LogP contribution is -2.39. The summed E-state index contributed by atoms with van der Waals surface area (Å²) in [5.41, 5.74) is 0.139. The highest BCUT2D eigenvalue weighted by atomic mass is 32.1. The van der Waals surface area contributed by atoms with Gasteiger partial charge in [-0.2, -0.15) is 13.2 Å². The Morgan fingerprint density at radius 1 is 1.15 bits per heavy atom. The molecule has 1 aliphatic heterocycles. The van der Waals surface area contributed by atoms with Gasteiger partial charge in [0.1, 0.15) is 0 Å². The van der Waals surface area contributed by atoms with Crippen molar-refractivity contribution in [2.24, 2.45) is 5.92 Å². The number of rotatable bonds is 4. The molecule has 3 nitrogen and oxygen atoms in total. The van der Waals surface area contributed by atoms with Crippen LogP contribution in [-0.2, 0) is 11.0 Å². The van der Waals surface area contributed by atoms with Crippen molar-refractivity contribution in [3.8, 4) is 0 Å². The molecular formula is C19H20F3NO2S. The molecule has 1 saturated heterocycles. The van der Waals surface area contributed by atoms with Crippen molar-refractivity contribution in [3.05, 3.63) is 57.3 Å². The predicted octanol–water partition coefficient (Wildman–Crippen LogP) is 4.96. The molecule has 3 rings (SSSR count). The molecule has 0 radical (unpaired) electrons. The molecule has 140 valence electrons. The number of likely N-dealkylation sites (tertiary alicyclic amines) is 1. The third kappa shape index (κ3) is 4.10. The third-order valence-electron chi connectivity index (χ3n) is 4.83. The highest BCUT2D eigenvalue weighted by molar-refractivity contribution is 7.12. The van der Waals surface area contributed by atoms with Crippen molar-refractivity contribution in [2.75, 3.05) is 13.1 Å². The summed E-state index contributed by atoms with van der Waals surface area (Å²) in [7, 11) is 0. The van der Waals surface area contributed by atoms with E-state index in [2.05, 4.69) is 4.90 Å². The first-order valence-corrected chi connectivity index (χ1v) is 9.27. The molecule has 2 heterocycles. The smallest absolute Gasteiger partial charge is 0.416 e. The van der Waals surface area contributed by atoms with Crippen molar-refractivity contribution in [2.45, 2.75) is 32.0 Å². The summed E-state index contributed by atoms with van der Waals surface area (Å²) in [6.07, 6.45) is -3.25. The molecule has 0 aliphatic carbocycles. The van der Waals surface area contributed by atoms with Crippen molar-refractivity contribution < 1.29 is 23.1 Å². The minimum absolute atomic E-state index is 0.147. The van der Waals surface area contributed by atoms with Crippen LogP contribution >= 0.6 is 11.3 Å². The van der Waals surface area contributed by atoms with Crippen LogP contribution in [0, 0.1) is 12.8 Å². The van der Waals surface area contributed by atoms with Gasteiger partial charge in [-0.1, -0.05) is 12.1 Å². The monoisotopic (exact) mass is 383 g/mol. The van der Waals surface area contributed by atoms with Gasteiger partial charge >= 0.3 is 12.1 Å². The van der Waals surface area contributed by atoms with E-state index >= 15 is 0 Å². The normalized spacial score (nSPS) is 18.0. The molecule has 0 saturated carbocycles. The maximum absolute atomic E-state index is 12.9. The maximum Gasteiger partial charge on any atom is 0.416 e. The van der Waals surface area contributed by atoms with E-state index in [4.69, 9.17) is 0 Å². The van der Waals surface area contributed by atoms with E-state index in [1.807, 2.05) is 19.1 Å². The van der Waals surface area contributed by atoms with E-state index in [-0.39, 0.29) is 12.0 Å². The van der Waals surface area contributed by atoms with E-state index in [1.54, 1.807) is 11.3 Å². The summed E-state index contributed by atoms with van der Waals surface area (Å²) < 4.78 is 38.6. The first kappa shape index (κ1) is 18.9. The molecule has 1 unspecified atom stereocenters. The summed E-state index contributed by atoms with van der Waals surface area (Å²) >= 11 is 1.62. The summed E-state index contributed by atoms with van der Waals surface area (Å²) in [6.45, 7) is 3.22. The second-order valence-electron chi connectivity index (χ2n) is 6.62. The number of halogens is 3. The van der Waals surface area contributed by atoms with Gasteiger partial charge in [-0.15, -0.1) is 11.3 Å². The number of hydrogen-bond acceptors (Lipinski definition) is 3. The van der Waals surface area contributed by atoms with Crippen molar-refractivity contribution in [1.29, 1.82) is 0 Å². The molecule has 1 aromatic heterocycles. The second kappa shape index (κ2) is 7.40. The fourth-order valence-corrected chi connectivity index (χ4v) is 4.46. The van der Waals surface area contributed by atoms with Gasteiger partial charge in [0.25, 0.3) is 0 Å². The Morgan fingerprint density at radius 2 is 1.77 bits per heavy atom. The molecule has 2 aromatic rings. The molecule has 1 fully saturated rings. The Kier molecular flexibility index (Phi) is 5.39. The molecule has 7 heteroatoms. The molecule has 0 spiro atoms. The average molecular weight is 383 g/mol. The van der Waals surface area contributed by atoms with Crippen LogP contribution in [-0.4, -0.2) is 29.1 Å². The van der Waals surface area contributed by atoms with Gasteiger partial charge in [-0.25, -0.2) is 0 Å².